The van der Waals surface area contributed by atoms with Crippen molar-refractivity contribution >= 4 is 23.4 Å². The van der Waals surface area contributed by atoms with Crippen LogP contribution in [0.15, 0.2) is 23.3 Å². The highest BCUT2D eigenvalue weighted by Gasteiger charge is 2.16. The van der Waals surface area contributed by atoms with E-state index in [0.29, 0.717) is 0 Å². The molecular weight excluding hydrogens is 284 g/mol. The number of rotatable bonds is 4. The van der Waals surface area contributed by atoms with Crippen molar-refractivity contribution in [3.8, 4) is 5.75 Å². The molecule has 1 amide bonds. The fourth-order valence-corrected chi connectivity index (χ4v) is 3.00. The Labute approximate surface area is 130 Å². The van der Waals surface area contributed by atoms with Crippen LogP contribution < -0.4 is 10.2 Å². The standard InChI is InChI=1S/C16H22N2O2S/c1-11-5-4-6-15(12(11)2)20-13(3)16(19)18-17-14-7-9-21-10-8-14/h4-6,13H,7-10H2,1-3H3,(H,18,19). The van der Waals surface area contributed by atoms with Gasteiger partial charge in [0.05, 0.1) is 0 Å². The van der Waals surface area contributed by atoms with Gasteiger partial charge in [-0.2, -0.15) is 16.9 Å². The number of nitrogens with zero attached hydrogens (tertiary/aromatic N) is 1. The zero-order chi connectivity index (χ0) is 15.2. The highest BCUT2D eigenvalue weighted by atomic mass is 32.2. The molecule has 0 saturated carbocycles. The summed E-state index contributed by atoms with van der Waals surface area (Å²) in [5.74, 6) is 2.72. The van der Waals surface area contributed by atoms with Crippen molar-refractivity contribution in [1.29, 1.82) is 0 Å². The Balaban J connectivity index is 1.91. The lowest BCUT2D eigenvalue weighted by molar-refractivity contribution is -0.127. The van der Waals surface area contributed by atoms with Crippen LogP contribution in [0.3, 0.4) is 0 Å². The number of hydrogen-bond acceptors (Lipinski definition) is 4. The first-order valence-electron chi connectivity index (χ1n) is 7.24. The lowest BCUT2D eigenvalue weighted by Gasteiger charge is -2.17. The van der Waals surface area contributed by atoms with Crippen molar-refractivity contribution in [2.75, 3.05) is 11.5 Å². The minimum Gasteiger partial charge on any atom is -0.481 e. The van der Waals surface area contributed by atoms with Crippen LogP contribution in [0.25, 0.3) is 0 Å². The summed E-state index contributed by atoms with van der Waals surface area (Å²) in [6, 6.07) is 5.85. The summed E-state index contributed by atoms with van der Waals surface area (Å²) in [5, 5.41) is 4.21. The van der Waals surface area contributed by atoms with E-state index in [1.165, 1.54) is 0 Å². The first-order chi connectivity index (χ1) is 10.1. The van der Waals surface area contributed by atoms with Gasteiger partial charge in [-0.05, 0) is 62.3 Å². The van der Waals surface area contributed by atoms with Gasteiger partial charge in [0.15, 0.2) is 6.10 Å². The summed E-state index contributed by atoms with van der Waals surface area (Å²) in [6.45, 7) is 5.77. The van der Waals surface area contributed by atoms with Crippen LogP contribution in [0, 0.1) is 13.8 Å². The molecule has 21 heavy (non-hydrogen) atoms. The van der Waals surface area contributed by atoms with Gasteiger partial charge in [0.1, 0.15) is 5.75 Å². The monoisotopic (exact) mass is 306 g/mol. The van der Waals surface area contributed by atoms with Crippen LogP contribution in [0.4, 0.5) is 0 Å². The Bertz CT molecular complexity index is 535. The highest BCUT2D eigenvalue weighted by molar-refractivity contribution is 7.99. The zero-order valence-corrected chi connectivity index (χ0v) is 13.6. The van der Waals surface area contributed by atoms with Crippen molar-refractivity contribution in [2.45, 2.75) is 39.7 Å². The van der Waals surface area contributed by atoms with Crippen LogP contribution in [0.2, 0.25) is 0 Å². The van der Waals surface area contributed by atoms with Gasteiger partial charge in [0, 0.05) is 5.71 Å². The topological polar surface area (TPSA) is 50.7 Å². The van der Waals surface area contributed by atoms with E-state index in [0.717, 1.165) is 46.9 Å². The number of benzene rings is 1. The summed E-state index contributed by atoms with van der Waals surface area (Å²) in [4.78, 5) is 12.0. The van der Waals surface area contributed by atoms with Gasteiger partial charge in [0.25, 0.3) is 5.91 Å². The maximum Gasteiger partial charge on any atom is 0.280 e. The summed E-state index contributed by atoms with van der Waals surface area (Å²) in [7, 11) is 0. The predicted molar refractivity (Wildman–Crippen MR) is 88.1 cm³/mol. The average Bonchev–Trinajstić information content (AvgIpc) is 2.50. The van der Waals surface area contributed by atoms with E-state index in [-0.39, 0.29) is 5.91 Å². The Morgan fingerprint density at radius 1 is 1.33 bits per heavy atom. The molecular formula is C16H22N2O2S. The number of hydrazone groups is 1. The Morgan fingerprint density at radius 3 is 2.76 bits per heavy atom. The van der Waals surface area contributed by atoms with Gasteiger partial charge in [-0.25, -0.2) is 5.43 Å². The molecule has 0 bridgehead atoms. The van der Waals surface area contributed by atoms with E-state index < -0.39 is 6.10 Å². The van der Waals surface area contributed by atoms with E-state index in [9.17, 15) is 4.79 Å². The van der Waals surface area contributed by atoms with Crippen LogP contribution in [0.5, 0.6) is 5.75 Å². The number of aryl methyl sites for hydroxylation is 1. The highest BCUT2D eigenvalue weighted by Crippen LogP contribution is 2.21. The molecule has 1 unspecified atom stereocenters. The Hall–Kier alpha value is -1.49. The molecule has 1 atom stereocenters. The minimum atomic E-state index is -0.562. The summed E-state index contributed by atoms with van der Waals surface area (Å²) < 4.78 is 5.74. The van der Waals surface area contributed by atoms with Crippen LogP contribution in [-0.2, 0) is 4.79 Å². The molecule has 0 aromatic heterocycles. The van der Waals surface area contributed by atoms with Gasteiger partial charge in [-0.3, -0.25) is 4.79 Å². The van der Waals surface area contributed by atoms with Crippen LogP contribution in [0.1, 0.15) is 30.9 Å². The lowest BCUT2D eigenvalue weighted by Crippen LogP contribution is -2.34. The average molecular weight is 306 g/mol. The van der Waals surface area contributed by atoms with E-state index >= 15 is 0 Å². The SMILES string of the molecule is Cc1cccc(OC(C)C(=O)NN=C2CCSCC2)c1C. The minimum absolute atomic E-state index is 0.207. The van der Waals surface area contributed by atoms with Crippen molar-refractivity contribution in [2.24, 2.45) is 5.10 Å². The van der Waals surface area contributed by atoms with Crippen molar-refractivity contribution in [3.63, 3.8) is 0 Å². The molecule has 2 rings (SSSR count). The fraction of sp³-hybridized carbons (Fsp3) is 0.500. The third-order valence-electron chi connectivity index (χ3n) is 3.62. The number of thioether (sulfide) groups is 1. The Kier molecular flexibility index (Phi) is 5.67. The molecule has 0 aliphatic carbocycles. The largest absolute Gasteiger partial charge is 0.481 e. The zero-order valence-electron chi connectivity index (χ0n) is 12.8. The van der Waals surface area contributed by atoms with Crippen LogP contribution in [-0.4, -0.2) is 29.2 Å². The number of carbonyl (C=O) groups is 1. The number of hydrogen-bond donors (Lipinski definition) is 1. The lowest BCUT2D eigenvalue weighted by atomic mass is 10.1. The Morgan fingerprint density at radius 2 is 2.05 bits per heavy atom. The third-order valence-corrected chi connectivity index (χ3v) is 4.61. The molecule has 0 spiro atoms. The maximum atomic E-state index is 12.0. The smallest absolute Gasteiger partial charge is 0.280 e. The van der Waals surface area contributed by atoms with E-state index in [2.05, 4.69) is 10.5 Å². The second-order valence-electron chi connectivity index (χ2n) is 5.22. The normalized spacial score (nSPS) is 16.2. The van der Waals surface area contributed by atoms with E-state index in [1.807, 2.05) is 43.8 Å². The predicted octanol–water partition coefficient (Wildman–Crippen LogP) is 3.07. The van der Waals surface area contributed by atoms with Gasteiger partial charge in [0.2, 0.25) is 0 Å². The first-order valence-corrected chi connectivity index (χ1v) is 8.39. The second kappa shape index (κ2) is 7.50. The third kappa shape index (κ3) is 4.49. The van der Waals surface area contributed by atoms with Crippen molar-refractivity contribution < 1.29 is 9.53 Å². The number of carbonyl (C=O) groups excluding carboxylic acids is 1. The molecule has 1 N–H and O–H groups in total. The van der Waals surface area contributed by atoms with Gasteiger partial charge < -0.3 is 4.74 Å². The molecule has 4 nitrogen and oxygen atoms in total. The fourth-order valence-electron chi connectivity index (χ4n) is 2.04. The molecule has 0 radical (unpaired) electrons. The van der Waals surface area contributed by atoms with Gasteiger partial charge in [-0.15, -0.1) is 0 Å². The molecule has 1 aromatic rings. The summed E-state index contributed by atoms with van der Waals surface area (Å²) in [6.07, 6.45) is 1.35. The van der Waals surface area contributed by atoms with Gasteiger partial charge in [-0.1, -0.05) is 12.1 Å². The molecule has 1 aliphatic heterocycles. The number of amides is 1. The second-order valence-corrected chi connectivity index (χ2v) is 6.45. The van der Waals surface area contributed by atoms with Gasteiger partial charge >= 0.3 is 0 Å². The van der Waals surface area contributed by atoms with E-state index in [4.69, 9.17) is 4.74 Å². The van der Waals surface area contributed by atoms with Crippen LogP contribution >= 0.6 is 11.8 Å². The number of nitrogens with one attached hydrogen (secondary N) is 1. The molecule has 1 saturated heterocycles. The molecule has 1 fully saturated rings. The molecule has 1 heterocycles. The first kappa shape index (κ1) is 15.9. The maximum absolute atomic E-state index is 12.0. The summed E-state index contributed by atoms with van der Waals surface area (Å²) in [5.41, 5.74) is 5.91. The van der Waals surface area contributed by atoms with Crippen molar-refractivity contribution in [3.05, 3.63) is 29.3 Å². The molecule has 114 valence electrons. The molecule has 1 aliphatic rings. The van der Waals surface area contributed by atoms with Crippen molar-refractivity contribution in [1.82, 2.24) is 5.43 Å². The quantitative estimate of drug-likeness (QED) is 0.870. The summed E-state index contributed by atoms with van der Waals surface area (Å²) >= 11 is 1.93. The molecule has 1 aromatic carbocycles. The molecule has 5 heteroatoms. The number of ether oxygens (including phenoxy) is 1. The van der Waals surface area contributed by atoms with E-state index in [1.54, 1.807) is 6.92 Å².